The zero-order chi connectivity index (χ0) is 17.1. The number of phenolic OH excluding ortho intramolecular Hbond substituents is 3. The van der Waals surface area contributed by atoms with Gasteiger partial charge in [-0.1, -0.05) is 30.3 Å². The number of carbonyl (C=O) groups is 1. The number of fused-ring (bicyclic) bond motifs is 1. The first-order valence-corrected chi connectivity index (χ1v) is 7.12. The second-order valence-electron chi connectivity index (χ2n) is 5.13. The molecule has 0 saturated heterocycles. The molecule has 3 aromatic rings. The largest absolute Gasteiger partial charge is 0.507 e. The highest BCUT2D eigenvalue weighted by molar-refractivity contribution is 6.01. The van der Waals surface area contributed by atoms with E-state index in [0.29, 0.717) is 0 Å². The van der Waals surface area contributed by atoms with Gasteiger partial charge in [-0.25, -0.2) is 5.43 Å². The zero-order valence-electron chi connectivity index (χ0n) is 12.5. The van der Waals surface area contributed by atoms with E-state index in [9.17, 15) is 20.1 Å². The van der Waals surface area contributed by atoms with Gasteiger partial charge in [-0.2, -0.15) is 5.10 Å². The highest BCUT2D eigenvalue weighted by Crippen LogP contribution is 2.27. The summed E-state index contributed by atoms with van der Waals surface area (Å²) in [6, 6.07) is 14.8. The summed E-state index contributed by atoms with van der Waals surface area (Å²) >= 11 is 0. The number of amides is 1. The number of hydrazone groups is 1. The average molecular weight is 322 g/mol. The van der Waals surface area contributed by atoms with E-state index in [1.807, 2.05) is 24.3 Å². The Hall–Kier alpha value is -3.54. The van der Waals surface area contributed by atoms with Crippen molar-refractivity contribution in [2.24, 2.45) is 5.10 Å². The minimum absolute atomic E-state index is 0.0889. The normalized spacial score (nSPS) is 11.0. The lowest BCUT2D eigenvalue weighted by Crippen LogP contribution is -2.17. The number of aromatic hydroxyl groups is 3. The van der Waals surface area contributed by atoms with Crippen molar-refractivity contribution in [1.29, 1.82) is 0 Å². The van der Waals surface area contributed by atoms with E-state index >= 15 is 0 Å². The second-order valence-corrected chi connectivity index (χ2v) is 5.13. The van der Waals surface area contributed by atoms with Gasteiger partial charge in [0.1, 0.15) is 5.75 Å². The van der Waals surface area contributed by atoms with Gasteiger partial charge >= 0.3 is 0 Å². The number of rotatable bonds is 3. The van der Waals surface area contributed by atoms with Crippen molar-refractivity contribution in [1.82, 2.24) is 5.43 Å². The standard InChI is InChI=1S/C18H14N2O4/c21-15-7-3-6-13(17(15)23)10-19-20-18(24)14-8-11-4-1-2-5-12(11)9-16(14)22/h1-10,21-23H,(H,20,24). The number of hydrogen-bond acceptors (Lipinski definition) is 5. The summed E-state index contributed by atoms with van der Waals surface area (Å²) in [6.07, 6.45) is 1.20. The van der Waals surface area contributed by atoms with E-state index in [0.717, 1.165) is 10.8 Å². The molecule has 3 aromatic carbocycles. The Kier molecular flexibility index (Phi) is 4.03. The van der Waals surface area contributed by atoms with E-state index in [-0.39, 0.29) is 28.4 Å². The summed E-state index contributed by atoms with van der Waals surface area (Å²) in [5.74, 6) is -1.35. The summed E-state index contributed by atoms with van der Waals surface area (Å²) in [5.41, 5.74) is 2.61. The number of phenols is 3. The molecule has 6 nitrogen and oxygen atoms in total. The molecule has 0 heterocycles. The molecule has 6 heteroatoms. The summed E-state index contributed by atoms with van der Waals surface area (Å²) in [7, 11) is 0. The smallest absolute Gasteiger partial charge is 0.275 e. The average Bonchev–Trinajstić information content (AvgIpc) is 2.58. The van der Waals surface area contributed by atoms with E-state index in [2.05, 4.69) is 10.5 Å². The molecule has 3 rings (SSSR count). The third kappa shape index (κ3) is 2.98. The maximum Gasteiger partial charge on any atom is 0.275 e. The molecule has 0 aliphatic rings. The SMILES string of the molecule is O=C(NN=Cc1cccc(O)c1O)c1cc2ccccc2cc1O. The number of benzene rings is 3. The van der Waals surface area contributed by atoms with Crippen molar-refractivity contribution in [2.75, 3.05) is 0 Å². The van der Waals surface area contributed by atoms with Crippen LogP contribution in [-0.2, 0) is 0 Å². The minimum atomic E-state index is -0.589. The van der Waals surface area contributed by atoms with Crippen molar-refractivity contribution in [3.05, 3.63) is 65.7 Å². The van der Waals surface area contributed by atoms with Crippen LogP contribution in [0.2, 0.25) is 0 Å². The van der Waals surface area contributed by atoms with Crippen molar-refractivity contribution < 1.29 is 20.1 Å². The number of nitrogens with zero attached hydrogens (tertiary/aromatic N) is 1. The first kappa shape index (κ1) is 15.4. The van der Waals surface area contributed by atoms with Crippen LogP contribution in [0.15, 0.2) is 59.7 Å². The Bertz CT molecular complexity index is 951. The summed E-state index contributed by atoms with van der Waals surface area (Å²) in [5, 5.41) is 34.4. The monoisotopic (exact) mass is 322 g/mol. The zero-order valence-corrected chi connectivity index (χ0v) is 12.5. The molecule has 0 aliphatic heterocycles. The van der Waals surface area contributed by atoms with Crippen LogP contribution >= 0.6 is 0 Å². The van der Waals surface area contributed by atoms with Crippen LogP contribution in [0, 0.1) is 0 Å². The Morgan fingerprint density at radius 1 is 0.917 bits per heavy atom. The molecule has 0 unspecified atom stereocenters. The first-order chi connectivity index (χ1) is 11.6. The summed E-state index contributed by atoms with van der Waals surface area (Å²) in [4.78, 5) is 12.2. The van der Waals surface area contributed by atoms with Crippen LogP contribution in [0.25, 0.3) is 10.8 Å². The van der Waals surface area contributed by atoms with Gasteiger partial charge < -0.3 is 15.3 Å². The van der Waals surface area contributed by atoms with E-state index < -0.39 is 5.91 Å². The van der Waals surface area contributed by atoms with Crippen molar-refractivity contribution in [3.63, 3.8) is 0 Å². The van der Waals surface area contributed by atoms with Gasteiger partial charge in [-0.15, -0.1) is 0 Å². The molecule has 0 atom stereocenters. The van der Waals surface area contributed by atoms with Crippen molar-refractivity contribution in [3.8, 4) is 17.2 Å². The Morgan fingerprint density at radius 3 is 2.38 bits per heavy atom. The molecule has 0 spiro atoms. The molecule has 0 radical (unpaired) electrons. The van der Waals surface area contributed by atoms with Crippen molar-refractivity contribution >= 4 is 22.9 Å². The molecule has 24 heavy (non-hydrogen) atoms. The van der Waals surface area contributed by atoms with Gasteiger partial charge in [0.05, 0.1) is 11.8 Å². The van der Waals surface area contributed by atoms with E-state index in [4.69, 9.17) is 0 Å². The van der Waals surface area contributed by atoms with Gasteiger partial charge in [0.25, 0.3) is 5.91 Å². The lowest BCUT2D eigenvalue weighted by Gasteiger charge is -2.06. The van der Waals surface area contributed by atoms with Crippen LogP contribution in [0.4, 0.5) is 0 Å². The van der Waals surface area contributed by atoms with Gasteiger partial charge in [0, 0.05) is 5.56 Å². The Labute approximate surface area is 137 Å². The number of nitrogens with one attached hydrogen (secondary N) is 1. The van der Waals surface area contributed by atoms with Crippen molar-refractivity contribution in [2.45, 2.75) is 0 Å². The fraction of sp³-hybridized carbons (Fsp3) is 0. The number of carbonyl (C=O) groups excluding carboxylic acids is 1. The van der Waals surface area contributed by atoms with Crippen LogP contribution in [0.1, 0.15) is 15.9 Å². The lowest BCUT2D eigenvalue weighted by atomic mass is 10.1. The molecular weight excluding hydrogens is 308 g/mol. The summed E-state index contributed by atoms with van der Waals surface area (Å²) in [6.45, 7) is 0. The first-order valence-electron chi connectivity index (χ1n) is 7.12. The highest BCUT2D eigenvalue weighted by Gasteiger charge is 2.12. The second kappa shape index (κ2) is 6.29. The van der Waals surface area contributed by atoms with Crippen LogP contribution in [-0.4, -0.2) is 27.4 Å². The fourth-order valence-corrected chi connectivity index (χ4v) is 2.28. The quantitative estimate of drug-likeness (QED) is 0.338. The summed E-state index contributed by atoms with van der Waals surface area (Å²) < 4.78 is 0. The Morgan fingerprint density at radius 2 is 1.62 bits per heavy atom. The third-order valence-electron chi connectivity index (χ3n) is 3.52. The molecule has 1 amide bonds. The van der Waals surface area contributed by atoms with Gasteiger partial charge in [0.2, 0.25) is 0 Å². The van der Waals surface area contributed by atoms with Crippen LogP contribution in [0.5, 0.6) is 17.2 Å². The minimum Gasteiger partial charge on any atom is -0.507 e. The third-order valence-corrected chi connectivity index (χ3v) is 3.52. The fourth-order valence-electron chi connectivity index (χ4n) is 2.28. The molecule has 0 saturated carbocycles. The lowest BCUT2D eigenvalue weighted by molar-refractivity contribution is 0.0952. The van der Waals surface area contributed by atoms with Gasteiger partial charge in [-0.05, 0) is 35.0 Å². The number of para-hydroxylation sites is 1. The molecular formula is C18H14N2O4. The molecule has 0 fully saturated rings. The molecule has 120 valence electrons. The predicted molar refractivity (Wildman–Crippen MR) is 90.4 cm³/mol. The molecule has 0 aromatic heterocycles. The van der Waals surface area contributed by atoms with Gasteiger partial charge in [-0.3, -0.25) is 4.79 Å². The van der Waals surface area contributed by atoms with Crippen LogP contribution < -0.4 is 5.43 Å². The molecule has 0 bridgehead atoms. The maximum atomic E-state index is 12.2. The topological polar surface area (TPSA) is 102 Å². The predicted octanol–water partition coefficient (Wildman–Crippen LogP) is 2.72. The maximum absolute atomic E-state index is 12.2. The molecule has 0 aliphatic carbocycles. The van der Waals surface area contributed by atoms with Gasteiger partial charge in [0.15, 0.2) is 11.5 Å². The molecule has 4 N–H and O–H groups in total. The van der Waals surface area contributed by atoms with Crippen LogP contribution in [0.3, 0.4) is 0 Å². The van der Waals surface area contributed by atoms with E-state index in [1.54, 1.807) is 6.07 Å². The number of hydrogen-bond donors (Lipinski definition) is 4. The highest BCUT2D eigenvalue weighted by atomic mass is 16.3. The van der Waals surface area contributed by atoms with E-state index in [1.165, 1.54) is 30.5 Å². The Balaban J connectivity index is 1.81.